The summed E-state index contributed by atoms with van der Waals surface area (Å²) in [6.45, 7) is 0. The van der Waals surface area contributed by atoms with Crippen LogP contribution in [0.25, 0.3) is 0 Å². The highest BCUT2D eigenvalue weighted by Crippen LogP contribution is 2.76. The number of fused-ring (bicyclic) bond motifs is 2. The summed E-state index contributed by atoms with van der Waals surface area (Å²) in [4.78, 5) is 25.9. The molecule has 5 saturated carbocycles. The molecule has 0 amide bonds. The summed E-state index contributed by atoms with van der Waals surface area (Å²) in [6.07, 6.45) is 16.7. The lowest BCUT2D eigenvalue weighted by Crippen LogP contribution is -2.71. The molecular formula is C22H32O2. The Morgan fingerprint density at radius 3 is 2.33 bits per heavy atom. The molecule has 5 fully saturated rings. The van der Waals surface area contributed by atoms with Crippen molar-refractivity contribution in [3.8, 4) is 0 Å². The summed E-state index contributed by atoms with van der Waals surface area (Å²) >= 11 is 0. The molecule has 5 aliphatic rings. The predicted molar refractivity (Wildman–Crippen MR) is 93.5 cm³/mol. The lowest BCUT2D eigenvalue weighted by molar-refractivity contribution is -0.245. The third-order valence-electron chi connectivity index (χ3n) is 8.84. The van der Waals surface area contributed by atoms with Crippen molar-refractivity contribution in [1.82, 2.24) is 0 Å². The zero-order valence-corrected chi connectivity index (χ0v) is 15.0. The van der Waals surface area contributed by atoms with Crippen molar-refractivity contribution < 1.29 is 9.59 Å². The Hall–Kier alpha value is -0.660. The zero-order valence-electron chi connectivity index (χ0n) is 15.0. The molecule has 6 unspecified atom stereocenters. The Labute approximate surface area is 146 Å². The number of hydrogen-bond donors (Lipinski definition) is 0. The van der Waals surface area contributed by atoms with E-state index in [0.29, 0.717) is 34.7 Å². The van der Waals surface area contributed by atoms with Gasteiger partial charge in [0, 0.05) is 25.2 Å². The van der Waals surface area contributed by atoms with Crippen LogP contribution in [0, 0.1) is 34.5 Å². The lowest BCUT2D eigenvalue weighted by Gasteiger charge is -2.73. The Kier molecular flexibility index (Phi) is 3.52. The van der Waals surface area contributed by atoms with Gasteiger partial charge in [-0.05, 0) is 54.3 Å². The first-order valence-corrected chi connectivity index (χ1v) is 10.7. The minimum atomic E-state index is 0.0989. The van der Waals surface area contributed by atoms with Crippen LogP contribution in [0.1, 0.15) is 89.9 Å². The molecule has 5 rings (SSSR count). The van der Waals surface area contributed by atoms with Gasteiger partial charge in [0.05, 0.1) is 0 Å². The van der Waals surface area contributed by atoms with Crippen molar-refractivity contribution in [2.75, 3.05) is 0 Å². The first kappa shape index (κ1) is 15.6. The van der Waals surface area contributed by atoms with E-state index in [1.165, 1.54) is 70.6 Å². The Morgan fingerprint density at radius 2 is 1.46 bits per heavy atom. The van der Waals surface area contributed by atoms with Crippen LogP contribution >= 0.6 is 0 Å². The van der Waals surface area contributed by atoms with Gasteiger partial charge in [-0.1, -0.05) is 44.9 Å². The molecule has 2 nitrogen and oxygen atoms in total. The van der Waals surface area contributed by atoms with Crippen molar-refractivity contribution in [3.63, 3.8) is 0 Å². The fourth-order valence-electron chi connectivity index (χ4n) is 8.54. The molecule has 0 heterocycles. The average molecular weight is 328 g/mol. The minimum Gasteiger partial charge on any atom is -0.300 e. The summed E-state index contributed by atoms with van der Waals surface area (Å²) in [5.41, 5.74) is 0.404. The molecule has 4 bridgehead atoms. The van der Waals surface area contributed by atoms with Crippen LogP contribution < -0.4 is 0 Å². The van der Waals surface area contributed by atoms with E-state index in [0.717, 1.165) is 19.3 Å². The fraction of sp³-hybridized carbons (Fsp3) is 0.909. The van der Waals surface area contributed by atoms with E-state index < -0.39 is 0 Å². The van der Waals surface area contributed by atoms with Gasteiger partial charge in [-0.3, -0.25) is 9.59 Å². The van der Waals surface area contributed by atoms with Gasteiger partial charge >= 0.3 is 0 Å². The van der Waals surface area contributed by atoms with Crippen LogP contribution in [0.15, 0.2) is 0 Å². The highest BCUT2D eigenvalue weighted by molar-refractivity contribution is 5.88. The quantitative estimate of drug-likeness (QED) is 0.620. The van der Waals surface area contributed by atoms with Gasteiger partial charge in [-0.25, -0.2) is 0 Å². The minimum absolute atomic E-state index is 0.0989. The Bertz CT molecular complexity index is 566. The summed E-state index contributed by atoms with van der Waals surface area (Å²) in [7, 11) is 0. The molecule has 132 valence electrons. The van der Waals surface area contributed by atoms with Gasteiger partial charge in [0.2, 0.25) is 0 Å². The second kappa shape index (κ2) is 5.42. The van der Waals surface area contributed by atoms with Crippen molar-refractivity contribution in [1.29, 1.82) is 0 Å². The second-order valence-corrected chi connectivity index (χ2v) is 10.1. The molecule has 2 spiro atoms. The number of hydrogen-bond acceptors (Lipinski definition) is 2. The van der Waals surface area contributed by atoms with E-state index in [1.807, 2.05) is 0 Å². The zero-order chi connectivity index (χ0) is 16.4. The molecule has 0 radical (unpaired) electrons. The first-order valence-electron chi connectivity index (χ1n) is 10.7. The molecule has 0 aromatic rings. The molecular weight excluding hydrogens is 296 g/mol. The van der Waals surface area contributed by atoms with Crippen LogP contribution in [0.2, 0.25) is 0 Å². The highest BCUT2D eigenvalue weighted by atomic mass is 16.1. The van der Waals surface area contributed by atoms with E-state index in [9.17, 15) is 9.59 Å². The molecule has 6 atom stereocenters. The summed E-state index contributed by atoms with van der Waals surface area (Å²) in [5.74, 6) is 3.24. The van der Waals surface area contributed by atoms with Crippen LogP contribution in [-0.2, 0) is 9.59 Å². The Morgan fingerprint density at radius 1 is 0.750 bits per heavy atom. The van der Waals surface area contributed by atoms with E-state index >= 15 is 0 Å². The van der Waals surface area contributed by atoms with Gasteiger partial charge in [-0.15, -0.1) is 0 Å². The topological polar surface area (TPSA) is 34.1 Å². The third kappa shape index (κ3) is 2.01. The number of rotatable bonds is 0. The molecule has 2 heteroatoms. The van der Waals surface area contributed by atoms with Gasteiger partial charge < -0.3 is 0 Å². The smallest absolute Gasteiger partial charge is 0.137 e. The van der Waals surface area contributed by atoms with E-state index in [4.69, 9.17) is 0 Å². The SMILES string of the molecule is O=C1CC2CCCCC3C45CCCCCC(CC(=O)C4C3(C1)C2)C5. The molecule has 0 aliphatic heterocycles. The maximum Gasteiger partial charge on any atom is 0.137 e. The summed E-state index contributed by atoms with van der Waals surface area (Å²) < 4.78 is 0. The van der Waals surface area contributed by atoms with Crippen LogP contribution in [0.4, 0.5) is 0 Å². The molecule has 0 aromatic carbocycles. The fourth-order valence-corrected chi connectivity index (χ4v) is 8.54. The van der Waals surface area contributed by atoms with Gasteiger partial charge in [0.1, 0.15) is 11.6 Å². The number of Topliss-reactive ketones (excluding diaryl/α,β-unsaturated/α-hetero) is 2. The number of carbonyl (C=O) groups is 2. The van der Waals surface area contributed by atoms with Gasteiger partial charge in [0.25, 0.3) is 0 Å². The van der Waals surface area contributed by atoms with Crippen LogP contribution in [-0.4, -0.2) is 11.6 Å². The monoisotopic (exact) mass is 328 g/mol. The standard InChI is InChI=1S/C22H32O2/c23-17-10-15-7-3-4-8-19-21-9-5-1-2-6-16(12-21)11-18(24)20(21)22(19,13-15)14-17/h15-16,19-20H,1-14H2. The normalized spacial score (nSPS) is 51.2. The highest BCUT2D eigenvalue weighted by Gasteiger charge is 2.73. The van der Waals surface area contributed by atoms with Crippen molar-refractivity contribution in [2.45, 2.75) is 89.9 Å². The van der Waals surface area contributed by atoms with Gasteiger partial charge in [0.15, 0.2) is 0 Å². The molecule has 0 N–H and O–H groups in total. The molecule has 0 saturated heterocycles. The summed E-state index contributed by atoms with van der Waals surface area (Å²) in [5, 5.41) is 0. The molecule has 0 aromatic heterocycles. The average Bonchev–Trinajstić information content (AvgIpc) is 2.49. The largest absolute Gasteiger partial charge is 0.300 e. The second-order valence-electron chi connectivity index (χ2n) is 10.1. The number of ketones is 2. The van der Waals surface area contributed by atoms with E-state index in [2.05, 4.69) is 0 Å². The van der Waals surface area contributed by atoms with Gasteiger partial charge in [-0.2, -0.15) is 0 Å². The first-order chi connectivity index (χ1) is 11.6. The van der Waals surface area contributed by atoms with E-state index in [1.54, 1.807) is 0 Å². The van der Waals surface area contributed by atoms with Crippen molar-refractivity contribution in [3.05, 3.63) is 0 Å². The Balaban J connectivity index is 1.57. The van der Waals surface area contributed by atoms with Crippen molar-refractivity contribution in [2.24, 2.45) is 34.5 Å². The summed E-state index contributed by atoms with van der Waals surface area (Å²) in [6, 6.07) is 0. The maximum atomic E-state index is 13.3. The number of carbonyl (C=O) groups excluding carboxylic acids is 2. The van der Waals surface area contributed by atoms with Crippen LogP contribution in [0.5, 0.6) is 0 Å². The predicted octanol–water partition coefficient (Wildman–Crippen LogP) is 5.09. The lowest BCUT2D eigenvalue weighted by atomic mass is 9.29. The maximum absolute atomic E-state index is 13.3. The van der Waals surface area contributed by atoms with Crippen LogP contribution in [0.3, 0.4) is 0 Å². The molecule has 5 aliphatic carbocycles. The van der Waals surface area contributed by atoms with Crippen molar-refractivity contribution >= 4 is 11.6 Å². The van der Waals surface area contributed by atoms with E-state index in [-0.39, 0.29) is 11.3 Å². The third-order valence-corrected chi connectivity index (χ3v) is 8.84. The molecule has 24 heavy (non-hydrogen) atoms.